The van der Waals surface area contributed by atoms with E-state index in [1.54, 1.807) is 11.3 Å². The lowest BCUT2D eigenvalue weighted by molar-refractivity contribution is 1.42. The summed E-state index contributed by atoms with van der Waals surface area (Å²) in [4.78, 5) is 5.39. The molecular weight excluding hydrogens is 268 g/mol. The first kappa shape index (κ1) is 9.18. The van der Waals surface area contributed by atoms with Crippen molar-refractivity contribution < 1.29 is 0 Å². The number of anilines is 1. The molecule has 2 heterocycles. The summed E-state index contributed by atoms with van der Waals surface area (Å²) in [6, 6.07) is 0. The van der Waals surface area contributed by atoms with Gasteiger partial charge in [-0.2, -0.15) is 0 Å². The number of aromatic nitrogens is 1. The van der Waals surface area contributed by atoms with Crippen molar-refractivity contribution >= 4 is 43.7 Å². The van der Waals surface area contributed by atoms with Crippen LogP contribution in [0, 0.1) is 6.92 Å². The molecule has 2 N–H and O–H groups in total. The summed E-state index contributed by atoms with van der Waals surface area (Å²) in [6.45, 7) is 2.07. The molecule has 0 aliphatic rings. The van der Waals surface area contributed by atoms with E-state index in [1.807, 2.05) is 5.38 Å². The Morgan fingerprint density at radius 1 is 1.38 bits per heavy atom. The summed E-state index contributed by atoms with van der Waals surface area (Å²) in [7, 11) is 0. The monoisotopic (exact) mass is 274 g/mol. The van der Waals surface area contributed by atoms with Gasteiger partial charge in [0.05, 0.1) is 10.6 Å². The summed E-state index contributed by atoms with van der Waals surface area (Å²) < 4.78 is 1.13. The number of hydrogen-bond donors (Lipinski definition) is 1. The predicted molar refractivity (Wildman–Crippen MR) is 62.3 cm³/mol. The van der Waals surface area contributed by atoms with Crippen molar-refractivity contribution in [2.75, 3.05) is 5.73 Å². The molecule has 2 nitrogen and oxygen atoms in total. The second-order valence-corrected chi connectivity index (χ2v) is 5.20. The van der Waals surface area contributed by atoms with E-state index in [-0.39, 0.29) is 0 Å². The summed E-state index contributed by atoms with van der Waals surface area (Å²) in [6.07, 6.45) is 0. The van der Waals surface area contributed by atoms with Crippen LogP contribution in [0.15, 0.2) is 15.2 Å². The first-order chi connectivity index (χ1) is 6.18. The van der Waals surface area contributed by atoms with Crippen molar-refractivity contribution in [1.82, 2.24) is 4.98 Å². The number of thiazole rings is 1. The molecule has 5 heteroatoms. The van der Waals surface area contributed by atoms with Crippen LogP contribution in [-0.2, 0) is 0 Å². The molecule has 68 valence electrons. The van der Waals surface area contributed by atoms with Crippen molar-refractivity contribution in [3.63, 3.8) is 0 Å². The van der Waals surface area contributed by atoms with Crippen LogP contribution in [0.5, 0.6) is 0 Å². The van der Waals surface area contributed by atoms with Gasteiger partial charge in [0, 0.05) is 9.85 Å². The van der Waals surface area contributed by atoms with Crippen LogP contribution < -0.4 is 5.73 Å². The second-order valence-electron chi connectivity index (χ2n) is 2.63. The van der Waals surface area contributed by atoms with Gasteiger partial charge in [-0.3, -0.25) is 0 Å². The van der Waals surface area contributed by atoms with E-state index in [0.29, 0.717) is 5.13 Å². The maximum Gasteiger partial charge on any atom is 0.180 e. The topological polar surface area (TPSA) is 38.9 Å². The molecule has 2 rings (SSSR count). The first-order valence-corrected chi connectivity index (χ1v) is 6.18. The quantitative estimate of drug-likeness (QED) is 0.864. The van der Waals surface area contributed by atoms with E-state index in [0.717, 1.165) is 15.0 Å². The number of halogens is 1. The summed E-state index contributed by atoms with van der Waals surface area (Å²) >= 11 is 6.68. The molecular formula is C8H7BrN2S2. The van der Waals surface area contributed by atoms with Crippen molar-refractivity contribution in [3.05, 3.63) is 20.8 Å². The zero-order chi connectivity index (χ0) is 9.42. The number of aryl methyl sites for hydroxylation is 1. The maximum atomic E-state index is 5.57. The van der Waals surface area contributed by atoms with Gasteiger partial charge in [0.1, 0.15) is 0 Å². The Kier molecular flexibility index (Phi) is 2.40. The molecule has 0 spiro atoms. The lowest BCUT2D eigenvalue weighted by Crippen LogP contribution is -1.81. The molecule has 2 aromatic rings. The van der Waals surface area contributed by atoms with Crippen molar-refractivity contribution in [3.8, 4) is 10.6 Å². The molecule has 0 saturated heterocycles. The number of nitrogens with zero attached hydrogens (tertiary/aromatic N) is 1. The fourth-order valence-corrected chi connectivity index (χ4v) is 3.27. The number of rotatable bonds is 1. The van der Waals surface area contributed by atoms with E-state index in [9.17, 15) is 0 Å². The molecule has 0 unspecified atom stereocenters. The number of hydrogen-bond acceptors (Lipinski definition) is 4. The molecule has 0 saturated carbocycles. The zero-order valence-corrected chi connectivity index (χ0v) is 10.1. The number of nitrogen functional groups attached to an aromatic ring is 1. The van der Waals surface area contributed by atoms with Gasteiger partial charge in [0.25, 0.3) is 0 Å². The number of nitrogens with two attached hydrogens (primary N) is 1. The molecule has 0 fully saturated rings. The average Bonchev–Trinajstić information content (AvgIpc) is 2.62. The van der Waals surface area contributed by atoms with Crippen LogP contribution >= 0.6 is 38.6 Å². The van der Waals surface area contributed by atoms with Crippen LogP contribution in [0.4, 0.5) is 5.13 Å². The maximum absolute atomic E-state index is 5.57. The Hall–Kier alpha value is -0.390. The van der Waals surface area contributed by atoms with Crippen molar-refractivity contribution in [1.29, 1.82) is 0 Å². The van der Waals surface area contributed by atoms with Gasteiger partial charge in [0.2, 0.25) is 0 Å². The van der Waals surface area contributed by atoms with Gasteiger partial charge in [-0.1, -0.05) is 0 Å². The molecule has 0 aliphatic carbocycles. The van der Waals surface area contributed by atoms with Crippen molar-refractivity contribution in [2.45, 2.75) is 6.92 Å². The third-order valence-electron chi connectivity index (χ3n) is 1.65. The van der Waals surface area contributed by atoms with Gasteiger partial charge < -0.3 is 5.73 Å². The van der Waals surface area contributed by atoms with Crippen LogP contribution in [0.1, 0.15) is 5.56 Å². The SMILES string of the molecule is Cc1csc(-c2csc(N)n2)c1Br. The third-order valence-corrected chi connectivity index (χ3v) is 4.73. The molecule has 2 aromatic heterocycles. The molecule has 0 aliphatic heterocycles. The van der Waals surface area contributed by atoms with E-state index >= 15 is 0 Å². The Morgan fingerprint density at radius 3 is 2.62 bits per heavy atom. The van der Waals surface area contributed by atoms with Gasteiger partial charge in [-0.15, -0.1) is 22.7 Å². The number of thiophene rings is 1. The molecule has 0 bridgehead atoms. The highest BCUT2D eigenvalue weighted by atomic mass is 79.9. The van der Waals surface area contributed by atoms with Gasteiger partial charge in [-0.05, 0) is 33.8 Å². The Morgan fingerprint density at radius 2 is 2.15 bits per heavy atom. The average molecular weight is 275 g/mol. The summed E-state index contributed by atoms with van der Waals surface area (Å²) in [5.74, 6) is 0. The minimum atomic E-state index is 0.618. The van der Waals surface area contributed by atoms with E-state index < -0.39 is 0 Å². The standard InChI is InChI=1S/C8H7BrN2S2/c1-4-2-12-7(6(4)9)5-3-13-8(10)11-5/h2-3H,1H3,(H2,10,11). The minimum absolute atomic E-state index is 0.618. The summed E-state index contributed by atoms with van der Waals surface area (Å²) in [5, 5.41) is 4.70. The van der Waals surface area contributed by atoms with Gasteiger partial charge >= 0.3 is 0 Å². The zero-order valence-electron chi connectivity index (χ0n) is 6.87. The lowest BCUT2D eigenvalue weighted by Gasteiger charge is -1.91. The van der Waals surface area contributed by atoms with Crippen LogP contribution in [0.3, 0.4) is 0 Å². The van der Waals surface area contributed by atoms with Crippen molar-refractivity contribution in [2.24, 2.45) is 0 Å². The third kappa shape index (κ3) is 1.63. The molecule has 0 aromatic carbocycles. The van der Waals surface area contributed by atoms with E-state index in [2.05, 4.69) is 33.2 Å². The highest BCUT2D eigenvalue weighted by Crippen LogP contribution is 2.37. The predicted octanol–water partition coefficient (Wildman–Crippen LogP) is 3.52. The lowest BCUT2D eigenvalue weighted by atomic mass is 10.3. The highest BCUT2D eigenvalue weighted by molar-refractivity contribution is 9.10. The van der Waals surface area contributed by atoms with Crippen LogP contribution in [0.2, 0.25) is 0 Å². The molecule has 0 radical (unpaired) electrons. The van der Waals surface area contributed by atoms with Gasteiger partial charge in [0.15, 0.2) is 5.13 Å². The normalized spacial score (nSPS) is 10.6. The highest BCUT2D eigenvalue weighted by Gasteiger charge is 2.10. The molecule has 0 atom stereocenters. The smallest absolute Gasteiger partial charge is 0.180 e. The largest absolute Gasteiger partial charge is 0.375 e. The Balaban J connectivity index is 2.52. The van der Waals surface area contributed by atoms with Crippen LogP contribution in [0.25, 0.3) is 10.6 Å². The second kappa shape index (κ2) is 3.40. The first-order valence-electron chi connectivity index (χ1n) is 3.63. The molecule has 0 amide bonds. The minimum Gasteiger partial charge on any atom is -0.375 e. The molecule has 13 heavy (non-hydrogen) atoms. The fraction of sp³-hybridized carbons (Fsp3) is 0.125. The van der Waals surface area contributed by atoms with E-state index in [1.165, 1.54) is 16.9 Å². The fourth-order valence-electron chi connectivity index (χ4n) is 0.995. The Labute approximate surface area is 92.6 Å². The van der Waals surface area contributed by atoms with Crippen LogP contribution in [-0.4, -0.2) is 4.98 Å². The summed E-state index contributed by atoms with van der Waals surface area (Å²) in [5.41, 5.74) is 7.78. The van der Waals surface area contributed by atoms with E-state index in [4.69, 9.17) is 5.73 Å². The van der Waals surface area contributed by atoms with Gasteiger partial charge in [-0.25, -0.2) is 4.98 Å². The Bertz CT molecular complexity index is 433.